The number of benzene rings is 1. The Kier molecular flexibility index (Phi) is 7.98. The van der Waals surface area contributed by atoms with Crippen molar-refractivity contribution in [3.8, 4) is 11.5 Å². The number of fused-ring (bicyclic) bond motifs is 1. The van der Waals surface area contributed by atoms with Crippen molar-refractivity contribution in [1.82, 2.24) is 15.1 Å². The van der Waals surface area contributed by atoms with Crippen LogP contribution in [0.25, 0.3) is 5.57 Å². The Labute approximate surface area is 208 Å². The van der Waals surface area contributed by atoms with E-state index in [1.807, 2.05) is 24.4 Å². The lowest BCUT2D eigenvalue weighted by Crippen LogP contribution is -2.43. The molecule has 1 unspecified atom stereocenters. The molecular weight excluding hydrogens is 442 g/mol. The van der Waals surface area contributed by atoms with Crippen LogP contribution in [0.3, 0.4) is 0 Å². The van der Waals surface area contributed by atoms with E-state index in [0.717, 1.165) is 60.5 Å². The molecule has 7 heteroatoms. The van der Waals surface area contributed by atoms with Crippen LogP contribution in [0.15, 0.2) is 59.6 Å². The number of piperidine rings is 1. The number of likely N-dealkylation sites (tertiary alicyclic amines) is 1. The Morgan fingerprint density at radius 3 is 2.54 bits per heavy atom. The lowest BCUT2D eigenvalue weighted by molar-refractivity contribution is -0.122. The molecule has 7 nitrogen and oxygen atoms in total. The van der Waals surface area contributed by atoms with Gasteiger partial charge in [0, 0.05) is 43.6 Å². The molecule has 1 amide bonds. The number of nitrogens with one attached hydrogen (secondary N) is 1. The minimum absolute atomic E-state index is 0.0444. The molecule has 3 heterocycles. The van der Waals surface area contributed by atoms with Gasteiger partial charge in [-0.1, -0.05) is 19.1 Å². The van der Waals surface area contributed by atoms with Crippen molar-refractivity contribution in [3.05, 3.63) is 65.2 Å². The van der Waals surface area contributed by atoms with Crippen LogP contribution in [0.2, 0.25) is 0 Å². The Morgan fingerprint density at radius 1 is 1.11 bits per heavy atom. The first kappa shape index (κ1) is 25.1. The maximum absolute atomic E-state index is 13.6. The smallest absolute Gasteiger partial charge is 0.255 e. The van der Waals surface area contributed by atoms with Crippen molar-refractivity contribution < 1.29 is 19.4 Å². The second-order valence-electron chi connectivity index (χ2n) is 9.42. The van der Waals surface area contributed by atoms with E-state index in [4.69, 9.17) is 14.6 Å². The standard InChI is InChI=1S/C28H37N3O4/c1-19-5-7-25-20(2)15-23(30-12-9-22(10-13-30)29-11-14-32)18-31(25)28(33)17-24(19)21-6-8-26(34-3)27(16-21)35-4/h6-8,15-19,22,29,32H,5,9-14H2,1-4H3. The van der Waals surface area contributed by atoms with Crippen molar-refractivity contribution in [2.75, 3.05) is 40.5 Å². The van der Waals surface area contributed by atoms with Crippen LogP contribution in [0, 0.1) is 5.92 Å². The first-order chi connectivity index (χ1) is 16.9. The third-order valence-electron chi connectivity index (χ3n) is 7.12. The summed E-state index contributed by atoms with van der Waals surface area (Å²) < 4.78 is 10.9. The molecule has 2 N–H and O–H groups in total. The first-order valence-electron chi connectivity index (χ1n) is 12.4. The predicted molar refractivity (Wildman–Crippen MR) is 138 cm³/mol. The number of ether oxygens (including phenoxy) is 2. The second-order valence-corrected chi connectivity index (χ2v) is 9.42. The van der Waals surface area contributed by atoms with Gasteiger partial charge >= 0.3 is 0 Å². The minimum Gasteiger partial charge on any atom is -0.493 e. The average molecular weight is 480 g/mol. The molecule has 3 aliphatic heterocycles. The van der Waals surface area contributed by atoms with E-state index in [2.05, 4.69) is 36.2 Å². The highest BCUT2D eigenvalue weighted by Crippen LogP contribution is 2.37. The molecule has 0 spiro atoms. The van der Waals surface area contributed by atoms with E-state index in [1.165, 1.54) is 0 Å². The summed E-state index contributed by atoms with van der Waals surface area (Å²) in [6.07, 6.45) is 11.0. The molecule has 1 atom stereocenters. The summed E-state index contributed by atoms with van der Waals surface area (Å²) in [5.41, 5.74) is 5.10. The molecule has 188 valence electrons. The number of aliphatic hydroxyl groups is 1. The monoisotopic (exact) mass is 479 g/mol. The summed E-state index contributed by atoms with van der Waals surface area (Å²) in [6, 6.07) is 6.25. The fraction of sp³-hybridized carbons (Fsp3) is 0.464. The van der Waals surface area contributed by atoms with Gasteiger partial charge in [-0.25, -0.2) is 0 Å². The molecule has 1 fully saturated rings. The van der Waals surface area contributed by atoms with Crippen LogP contribution in [0.5, 0.6) is 11.5 Å². The highest BCUT2D eigenvalue weighted by molar-refractivity contribution is 5.98. The van der Waals surface area contributed by atoms with Gasteiger partial charge in [0.05, 0.1) is 26.5 Å². The predicted octanol–water partition coefficient (Wildman–Crippen LogP) is 3.69. The number of allylic oxidation sites excluding steroid dienone is 4. The van der Waals surface area contributed by atoms with Gasteiger partial charge in [0.25, 0.3) is 5.91 Å². The fourth-order valence-corrected chi connectivity index (χ4v) is 5.09. The van der Waals surface area contributed by atoms with Crippen LogP contribution in [0.4, 0.5) is 0 Å². The number of aliphatic hydroxyl groups excluding tert-OH is 1. The van der Waals surface area contributed by atoms with Crippen molar-refractivity contribution in [2.24, 2.45) is 5.92 Å². The number of carbonyl (C=O) groups excluding carboxylic acids is 1. The van der Waals surface area contributed by atoms with Gasteiger partial charge in [0.2, 0.25) is 0 Å². The SMILES string of the molecule is COc1ccc(C2=CC(=O)N3C=C(N4CCC(NCCO)CC4)C=C(C)C3=CCC2C)cc1OC. The van der Waals surface area contributed by atoms with E-state index in [-0.39, 0.29) is 18.4 Å². The summed E-state index contributed by atoms with van der Waals surface area (Å²) >= 11 is 0. The van der Waals surface area contributed by atoms with Gasteiger partial charge in [0.15, 0.2) is 11.5 Å². The fourth-order valence-electron chi connectivity index (χ4n) is 5.09. The van der Waals surface area contributed by atoms with Gasteiger partial charge in [-0.05, 0) is 67.0 Å². The average Bonchev–Trinajstić information content (AvgIpc) is 2.88. The molecule has 3 aliphatic rings. The molecule has 0 aliphatic carbocycles. The number of amides is 1. The van der Waals surface area contributed by atoms with Crippen molar-refractivity contribution in [1.29, 1.82) is 0 Å². The lowest BCUT2D eigenvalue weighted by atomic mass is 9.88. The van der Waals surface area contributed by atoms with Gasteiger partial charge in [0.1, 0.15) is 0 Å². The summed E-state index contributed by atoms with van der Waals surface area (Å²) in [4.78, 5) is 17.7. The number of nitrogens with zero attached hydrogens (tertiary/aromatic N) is 2. The Bertz CT molecular complexity index is 1060. The molecule has 0 bridgehead atoms. The van der Waals surface area contributed by atoms with E-state index in [1.54, 1.807) is 25.2 Å². The van der Waals surface area contributed by atoms with Crippen molar-refractivity contribution in [2.45, 2.75) is 39.2 Å². The summed E-state index contributed by atoms with van der Waals surface area (Å²) in [5, 5.41) is 12.5. The zero-order chi connectivity index (χ0) is 24.9. The maximum Gasteiger partial charge on any atom is 0.255 e. The van der Waals surface area contributed by atoms with Gasteiger partial charge in [-0.2, -0.15) is 0 Å². The zero-order valence-electron chi connectivity index (χ0n) is 21.2. The van der Waals surface area contributed by atoms with E-state index < -0.39 is 0 Å². The van der Waals surface area contributed by atoms with Gasteiger partial charge in [-0.15, -0.1) is 0 Å². The minimum atomic E-state index is -0.0444. The Morgan fingerprint density at radius 2 is 1.86 bits per heavy atom. The highest BCUT2D eigenvalue weighted by atomic mass is 16.5. The van der Waals surface area contributed by atoms with E-state index in [0.29, 0.717) is 24.1 Å². The third kappa shape index (κ3) is 5.46. The summed E-state index contributed by atoms with van der Waals surface area (Å²) in [5.74, 6) is 1.45. The Balaban J connectivity index is 1.59. The highest BCUT2D eigenvalue weighted by Gasteiger charge is 2.28. The Hall–Kier alpha value is -3.03. The van der Waals surface area contributed by atoms with E-state index >= 15 is 0 Å². The van der Waals surface area contributed by atoms with Crippen LogP contribution in [0.1, 0.15) is 38.7 Å². The van der Waals surface area contributed by atoms with Crippen molar-refractivity contribution >= 4 is 11.5 Å². The largest absolute Gasteiger partial charge is 0.493 e. The van der Waals surface area contributed by atoms with Crippen LogP contribution >= 0.6 is 0 Å². The van der Waals surface area contributed by atoms with Crippen LogP contribution in [-0.2, 0) is 4.79 Å². The quantitative estimate of drug-likeness (QED) is 0.622. The third-order valence-corrected chi connectivity index (χ3v) is 7.12. The van der Waals surface area contributed by atoms with Gasteiger partial charge < -0.3 is 24.8 Å². The second kappa shape index (κ2) is 11.1. The van der Waals surface area contributed by atoms with Crippen LogP contribution in [-0.4, -0.2) is 67.3 Å². The number of hydrogen-bond donors (Lipinski definition) is 2. The first-order valence-corrected chi connectivity index (χ1v) is 12.4. The summed E-state index contributed by atoms with van der Waals surface area (Å²) in [7, 11) is 3.24. The normalized spacial score (nSPS) is 21.3. The molecule has 4 rings (SSSR count). The van der Waals surface area contributed by atoms with Crippen molar-refractivity contribution in [3.63, 3.8) is 0 Å². The molecule has 0 radical (unpaired) electrons. The molecule has 1 saturated heterocycles. The number of rotatable bonds is 7. The molecule has 0 saturated carbocycles. The topological polar surface area (TPSA) is 74.3 Å². The maximum atomic E-state index is 13.6. The lowest BCUT2D eigenvalue weighted by Gasteiger charge is -2.38. The summed E-state index contributed by atoms with van der Waals surface area (Å²) in [6.45, 7) is 6.88. The molecule has 1 aromatic carbocycles. The molecule has 35 heavy (non-hydrogen) atoms. The van der Waals surface area contributed by atoms with E-state index in [9.17, 15) is 4.79 Å². The van der Waals surface area contributed by atoms with Crippen LogP contribution < -0.4 is 14.8 Å². The number of methoxy groups -OCH3 is 2. The molecule has 0 aromatic heterocycles. The molecule has 1 aromatic rings. The molecular formula is C28H37N3O4. The number of hydrogen-bond acceptors (Lipinski definition) is 6. The zero-order valence-corrected chi connectivity index (χ0v) is 21.2. The van der Waals surface area contributed by atoms with Gasteiger partial charge in [-0.3, -0.25) is 9.69 Å². The number of carbonyl (C=O) groups is 1.